The van der Waals surface area contributed by atoms with Gasteiger partial charge in [-0.3, -0.25) is 0 Å². The normalized spacial score (nSPS) is 10.8. The molecule has 0 saturated heterocycles. The first-order valence-electron chi connectivity index (χ1n) is 8.16. The highest BCUT2D eigenvalue weighted by Crippen LogP contribution is 2.22. The van der Waals surface area contributed by atoms with Crippen molar-refractivity contribution < 1.29 is 9.84 Å². The van der Waals surface area contributed by atoms with E-state index in [4.69, 9.17) is 33.0 Å². The molecule has 0 saturated carbocycles. The van der Waals surface area contributed by atoms with E-state index in [0.717, 1.165) is 43.7 Å². The van der Waals surface area contributed by atoms with E-state index in [2.05, 4.69) is 17.4 Å². The average molecular weight is 368 g/mol. The van der Waals surface area contributed by atoms with Crippen molar-refractivity contribution in [2.45, 2.75) is 32.4 Å². The lowest BCUT2D eigenvalue weighted by Gasteiger charge is -2.09. The van der Waals surface area contributed by atoms with E-state index in [1.807, 2.05) is 18.2 Å². The van der Waals surface area contributed by atoms with Gasteiger partial charge in [-0.2, -0.15) is 0 Å². The number of benzene rings is 2. The van der Waals surface area contributed by atoms with Crippen molar-refractivity contribution in [3.63, 3.8) is 0 Å². The Labute approximate surface area is 153 Å². The Bertz CT molecular complexity index is 617. The smallest absolute Gasteiger partial charge is 0.119 e. The number of unbranched alkanes of at least 4 members (excludes halogenated alkanes) is 2. The van der Waals surface area contributed by atoms with Crippen molar-refractivity contribution in [2.75, 3.05) is 13.2 Å². The van der Waals surface area contributed by atoms with E-state index in [9.17, 15) is 0 Å². The average Bonchev–Trinajstić information content (AvgIpc) is 2.58. The first kappa shape index (κ1) is 19.1. The van der Waals surface area contributed by atoms with Gasteiger partial charge in [0, 0.05) is 28.8 Å². The lowest BCUT2D eigenvalue weighted by Crippen LogP contribution is -2.14. The largest absolute Gasteiger partial charge is 0.489 e. The second-order valence-corrected chi connectivity index (χ2v) is 6.47. The van der Waals surface area contributed by atoms with E-state index in [1.54, 1.807) is 12.1 Å². The highest BCUT2D eigenvalue weighted by atomic mass is 35.5. The molecule has 5 heteroatoms. The van der Waals surface area contributed by atoms with Crippen LogP contribution in [0.1, 0.15) is 30.4 Å². The predicted molar refractivity (Wildman–Crippen MR) is 99.9 cm³/mol. The van der Waals surface area contributed by atoms with Gasteiger partial charge < -0.3 is 15.2 Å². The maximum atomic E-state index is 8.73. The number of rotatable bonds is 10. The molecule has 0 unspecified atom stereocenters. The molecule has 2 aromatic rings. The molecule has 24 heavy (non-hydrogen) atoms. The van der Waals surface area contributed by atoms with Crippen LogP contribution in [0, 0.1) is 0 Å². The highest BCUT2D eigenvalue weighted by molar-refractivity contribution is 6.35. The van der Waals surface area contributed by atoms with Gasteiger partial charge in [-0.1, -0.05) is 41.4 Å². The van der Waals surface area contributed by atoms with E-state index < -0.39 is 0 Å². The summed E-state index contributed by atoms with van der Waals surface area (Å²) in [7, 11) is 0. The Morgan fingerprint density at radius 3 is 2.46 bits per heavy atom. The molecule has 0 spiro atoms. The van der Waals surface area contributed by atoms with Gasteiger partial charge in [-0.15, -0.1) is 0 Å². The third-order valence-electron chi connectivity index (χ3n) is 3.67. The summed E-state index contributed by atoms with van der Waals surface area (Å²) in [5, 5.41) is 13.4. The van der Waals surface area contributed by atoms with Crippen LogP contribution >= 0.6 is 23.2 Å². The molecular formula is C19H23Cl2NO2. The zero-order chi connectivity index (χ0) is 17.2. The number of halogens is 2. The van der Waals surface area contributed by atoms with Crippen molar-refractivity contribution in [1.82, 2.24) is 5.32 Å². The Morgan fingerprint density at radius 1 is 0.958 bits per heavy atom. The molecule has 0 aliphatic heterocycles. The van der Waals surface area contributed by atoms with Gasteiger partial charge in [-0.05, 0) is 55.6 Å². The Kier molecular flexibility index (Phi) is 8.40. The highest BCUT2D eigenvalue weighted by Gasteiger charge is 2.03. The maximum absolute atomic E-state index is 8.73. The summed E-state index contributed by atoms with van der Waals surface area (Å²) in [5.41, 5.74) is 2.13. The van der Waals surface area contributed by atoms with Gasteiger partial charge in [0.2, 0.25) is 0 Å². The van der Waals surface area contributed by atoms with Crippen LogP contribution in [-0.2, 0) is 13.2 Å². The molecule has 2 rings (SSSR count). The summed E-state index contributed by atoms with van der Waals surface area (Å²) in [6.45, 7) is 2.50. The van der Waals surface area contributed by atoms with E-state index in [-0.39, 0.29) is 6.61 Å². The molecule has 0 atom stereocenters. The zero-order valence-corrected chi connectivity index (χ0v) is 15.1. The number of nitrogens with one attached hydrogen (secondary N) is 1. The molecule has 0 aromatic heterocycles. The van der Waals surface area contributed by atoms with E-state index >= 15 is 0 Å². The molecule has 0 fully saturated rings. The van der Waals surface area contributed by atoms with Gasteiger partial charge in [0.25, 0.3) is 0 Å². The number of ether oxygens (including phenoxy) is 1. The fourth-order valence-corrected chi connectivity index (χ4v) is 2.74. The van der Waals surface area contributed by atoms with Crippen LogP contribution in [0.5, 0.6) is 5.75 Å². The molecule has 0 aliphatic rings. The lowest BCUT2D eigenvalue weighted by molar-refractivity contribution is 0.283. The van der Waals surface area contributed by atoms with Gasteiger partial charge >= 0.3 is 0 Å². The molecule has 0 aliphatic carbocycles. The van der Waals surface area contributed by atoms with E-state index in [0.29, 0.717) is 16.7 Å². The predicted octanol–water partition coefficient (Wildman–Crippen LogP) is 4.82. The minimum atomic E-state index is 0.280. The molecule has 0 bridgehead atoms. The maximum Gasteiger partial charge on any atom is 0.119 e. The van der Waals surface area contributed by atoms with Crippen molar-refractivity contribution in [3.8, 4) is 5.75 Å². The summed E-state index contributed by atoms with van der Waals surface area (Å²) in [6, 6.07) is 13.4. The summed E-state index contributed by atoms with van der Waals surface area (Å²) >= 11 is 12.0. The summed E-state index contributed by atoms with van der Waals surface area (Å²) in [6.07, 6.45) is 3.03. The fraction of sp³-hybridized carbons (Fsp3) is 0.368. The first-order chi connectivity index (χ1) is 11.7. The molecule has 2 N–H and O–H groups in total. The van der Waals surface area contributed by atoms with Crippen LogP contribution < -0.4 is 10.1 Å². The number of hydrogen-bond acceptors (Lipinski definition) is 3. The van der Waals surface area contributed by atoms with Crippen LogP contribution in [0.2, 0.25) is 10.0 Å². The number of hydrogen-bond donors (Lipinski definition) is 2. The molecule has 0 amide bonds. The fourth-order valence-electron chi connectivity index (χ4n) is 2.27. The van der Waals surface area contributed by atoms with Crippen molar-refractivity contribution >= 4 is 23.2 Å². The third kappa shape index (κ3) is 6.70. The zero-order valence-electron chi connectivity index (χ0n) is 13.6. The standard InChI is InChI=1S/C19H23Cl2NO2/c20-17-7-6-16(19(21)12-17)14-24-18-8-4-15(5-9-18)13-22-10-2-1-3-11-23/h4-9,12,22-23H,1-3,10-11,13-14H2. The van der Waals surface area contributed by atoms with Crippen LogP contribution in [-0.4, -0.2) is 18.3 Å². The topological polar surface area (TPSA) is 41.5 Å². The van der Waals surface area contributed by atoms with Gasteiger partial charge in [0.05, 0.1) is 0 Å². The minimum Gasteiger partial charge on any atom is -0.489 e. The van der Waals surface area contributed by atoms with Gasteiger partial charge in [0.1, 0.15) is 12.4 Å². The second-order valence-electron chi connectivity index (χ2n) is 5.63. The summed E-state index contributed by atoms with van der Waals surface area (Å²) < 4.78 is 5.77. The summed E-state index contributed by atoms with van der Waals surface area (Å²) in [4.78, 5) is 0. The molecule has 0 heterocycles. The molecular weight excluding hydrogens is 345 g/mol. The van der Waals surface area contributed by atoms with Gasteiger partial charge in [-0.25, -0.2) is 0 Å². The molecule has 0 radical (unpaired) electrons. The van der Waals surface area contributed by atoms with Crippen molar-refractivity contribution in [3.05, 3.63) is 63.6 Å². The SMILES string of the molecule is OCCCCCNCc1ccc(OCc2ccc(Cl)cc2Cl)cc1. The van der Waals surface area contributed by atoms with Crippen molar-refractivity contribution in [2.24, 2.45) is 0 Å². The molecule has 3 nitrogen and oxygen atoms in total. The number of aliphatic hydroxyl groups is 1. The van der Waals surface area contributed by atoms with Crippen molar-refractivity contribution in [1.29, 1.82) is 0 Å². The van der Waals surface area contributed by atoms with Gasteiger partial charge in [0.15, 0.2) is 0 Å². The van der Waals surface area contributed by atoms with E-state index in [1.165, 1.54) is 5.56 Å². The minimum absolute atomic E-state index is 0.280. The van der Waals surface area contributed by atoms with Crippen LogP contribution in [0.4, 0.5) is 0 Å². The quantitative estimate of drug-likeness (QED) is 0.591. The Balaban J connectivity index is 1.73. The Morgan fingerprint density at radius 2 is 1.75 bits per heavy atom. The number of aliphatic hydroxyl groups excluding tert-OH is 1. The lowest BCUT2D eigenvalue weighted by atomic mass is 10.2. The third-order valence-corrected chi connectivity index (χ3v) is 4.26. The second kappa shape index (κ2) is 10.6. The monoisotopic (exact) mass is 367 g/mol. The molecule has 130 valence electrons. The van der Waals surface area contributed by atoms with Crippen LogP contribution in [0.15, 0.2) is 42.5 Å². The molecule has 2 aromatic carbocycles. The first-order valence-corrected chi connectivity index (χ1v) is 8.92. The van der Waals surface area contributed by atoms with Crippen LogP contribution in [0.25, 0.3) is 0 Å². The Hall–Kier alpha value is -1.26. The summed E-state index contributed by atoms with van der Waals surface area (Å²) in [5.74, 6) is 0.813. The van der Waals surface area contributed by atoms with Crippen LogP contribution in [0.3, 0.4) is 0 Å².